The fraction of sp³-hybridized carbons (Fsp3) is 0. The molecule has 0 unspecified atom stereocenters. The maximum absolute atomic E-state index is 5.54. The first kappa shape index (κ1) is 68.0. The number of rotatable bonds is 11. The lowest BCUT2D eigenvalue weighted by Crippen LogP contribution is -1.96. The molecule has 0 spiro atoms. The third kappa shape index (κ3) is 12.1. The summed E-state index contributed by atoms with van der Waals surface area (Å²) in [7, 11) is 0. The molecule has 0 N–H and O–H groups in total. The summed E-state index contributed by atoms with van der Waals surface area (Å²) >= 11 is 3.72. The molecule has 540 valence electrons. The first-order valence-corrected chi connectivity index (χ1v) is 40.8. The summed E-state index contributed by atoms with van der Waals surface area (Å²) in [6.45, 7) is 0. The third-order valence-electron chi connectivity index (χ3n) is 22.6. The highest BCUT2D eigenvalue weighted by Crippen LogP contribution is 2.50. The quantitative estimate of drug-likeness (QED) is 0.120. The minimum absolute atomic E-state index is 0.692. The van der Waals surface area contributed by atoms with Crippen molar-refractivity contribution in [2.75, 3.05) is 0 Å². The summed E-state index contributed by atoms with van der Waals surface area (Å²) in [6, 6.07) is 142. The Kier molecular flexibility index (Phi) is 16.9. The van der Waals surface area contributed by atoms with Crippen LogP contribution >= 0.6 is 22.7 Å². The Morgan fingerprint density at radius 2 is 0.466 bits per heavy atom. The van der Waals surface area contributed by atoms with Crippen molar-refractivity contribution in [1.82, 2.24) is 29.9 Å². The number of benzene rings is 17. The van der Waals surface area contributed by atoms with Crippen molar-refractivity contribution in [1.29, 1.82) is 0 Å². The molecule has 0 saturated heterocycles. The highest BCUT2D eigenvalue weighted by Gasteiger charge is 2.24. The number of fused-ring (bicyclic) bond motifs is 16. The Hall–Kier alpha value is -14.8. The van der Waals surface area contributed by atoms with Gasteiger partial charge in [-0.2, -0.15) is 0 Å². The Balaban J connectivity index is 0.000000141. The fourth-order valence-electron chi connectivity index (χ4n) is 17.0. The highest BCUT2D eigenvalue weighted by molar-refractivity contribution is 7.27. The van der Waals surface area contributed by atoms with Crippen LogP contribution in [0, 0.1) is 0 Å². The summed E-state index contributed by atoms with van der Waals surface area (Å²) in [4.78, 5) is 31.4. The number of thiophene rings is 2. The number of nitrogens with zero attached hydrogens (tertiary/aromatic N) is 6. The topological polar surface area (TPSA) is 77.3 Å². The van der Waals surface area contributed by atoms with Crippen LogP contribution in [0.3, 0.4) is 0 Å². The normalized spacial score (nSPS) is 11.6. The van der Waals surface area contributed by atoms with E-state index in [1.807, 2.05) is 71.2 Å². The van der Waals surface area contributed by atoms with E-state index in [9.17, 15) is 0 Å². The lowest BCUT2D eigenvalue weighted by molar-refractivity contribution is 1.18. The third-order valence-corrected chi connectivity index (χ3v) is 24.9. The van der Waals surface area contributed by atoms with E-state index in [-0.39, 0.29) is 0 Å². The molecule has 8 heteroatoms. The Labute approximate surface area is 677 Å². The monoisotopic (exact) mass is 1510 g/mol. The first-order chi connectivity index (χ1) is 57.5. The van der Waals surface area contributed by atoms with Crippen molar-refractivity contribution in [3.8, 4) is 124 Å². The standard InChI is InChI=1S/C57H35N3S.C51H31N3S/c1-3-14-36(15-4-1)37-26-32-41(33-27-37)57-59-50(38-16-5-2-6-17-38)35-51(60-57)39-28-30-40(31-29-39)55-54-47-22-11-12-25-52(47)61-56(54)53-46(23-13-24-49(53)58-55)48-34-42-18-7-8-19-43(42)44-20-9-10-21-45(44)48;1-3-14-32(15-4-1)44-31-45(54-51(53-44)35-16-5-2-6-17-35)33-26-28-34(29-27-33)49-48-41-22-11-12-25-46(41)55-50(48)47-40(23-13-24-43(47)52-49)42-30-36-18-7-8-19-37(36)38-20-9-10-21-39(38)42/h1-35H;1-31H. The molecule has 0 bridgehead atoms. The van der Waals surface area contributed by atoms with Gasteiger partial charge in [0.25, 0.3) is 0 Å². The van der Waals surface area contributed by atoms with Gasteiger partial charge in [-0.15, -0.1) is 22.7 Å². The largest absolute Gasteiger partial charge is 0.247 e. The van der Waals surface area contributed by atoms with E-state index in [1.165, 1.54) is 122 Å². The van der Waals surface area contributed by atoms with Crippen LogP contribution in [0.4, 0.5) is 0 Å². The molecule has 6 aromatic heterocycles. The predicted molar refractivity (Wildman–Crippen MR) is 490 cm³/mol. The van der Waals surface area contributed by atoms with Crippen LogP contribution in [0.1, 0.15) is 0 Å². The first-order valence-electron chi connectivity index (χ1n) is 39.1. The number of aromatic nitrogens is 6. The Bertz CT molecular complexity index is 7720. The molecule has 0 atom stereocenters. The second-order valence-corrected chi connectivity index (χ2v) is 31.5. The summed E-state index contributed by atoms with van der Waals surface area (Å²) < 4.78 is 5.02. The molecule has 0 saturated carbocycles. The van der Waals surface area contributed by atoms with Gasteiger partial charge in [-0.1, -0.05) is 352 Å². The van der Waals surface area contributed by atoms with Crippen LogP contribution in [0.15, 0.2) is 400 Å². The predicted octanol–water partition coefficient (Wildman–Crippen LogP) is 29.7. The maximum atomic E-state index is 5.54. The fourth-order valence-corrected chi connectivity index (χ4v) is 19.6. The van der Waals surface area contributed by atoms with E-state index in [4.69, 9.17) is 29.9 Å². The van der Waals surface area contributed by atoms with Gasteiger partial charge >= 0.3 is 0 Å². The lowest BCUT2D eigenvalue weighted by Gasteiger charge is -2.15. The zero-order valence-corrected chi connectivity index (χ0v) is 64.2. The molecule has 0 aliphatic rings. The molecule has 23 aromatic rings. The lowest BCUT2D eigenvalue weighted by atomic mass is 9.90. The van der Waals surface area contributed by atoms with E-state index >= 15 is 0 Å². The molecule has 116 heavy (non-hydrogen) atoms. The molecule has 23 rings (SSSR count). The second-order valence-electron chi connectivity index (χ2n) is 29.4. The number of pyridine rings is 2. The zero-order chi connectivity index (χ0) is 76.6. The number of hydrogen-bond acceptors (Lipinski definition) is 8. The van der Waals surface area contributed by atoms with Crippen molar-refractivity contribution in [3.05, 3.63) is 400 Å². The minimum atomic E-state index is 0.692. The van der Waals surface area contributed by atoms with Crippen LogP contribution in [0.5, 0.6) is 0 Å². The van der Waals surface area contributed by atoms with Crippen LogP contribution in [0.2, 0.25) is 0 Å². The van der Waals surface area contributed by atoms with E-state index < -0.39 is 0 Å². The molecule has 17 aromatic carbocycles. The molecule has 0 aliphatic carbocycles. The van der Waals surface area contributed by atoms with Crippen molar-refractivity contribution < 1.29 is 0 Å². The van der Waals surface area contributed by atoms with Crippen molar-refractivity contribution >= 4 is 128 Å². The molecular weight excluding hydrogens is 1450 g/mol. The van der Waals surface area contributed by atoms with Crippen molar-refractivity contribution in [3.63, 3.8) is 0 Å². The van der Waals surface area contributed by atoms with Crippen molar-refractivity contribution in [2.24, 2.45) is 0 Å². The van der Waals surface area contributed by atoms with Crippen LogP contribution < -0.4 is 0 Å². The smallest absolute Gasteiger partial charge is 0.160 e. The van der Waals surface area contributed by atoms with Gasteiger partial charge in [0.1, 0.15) is 0 Å². The van der Waals surface area contributed by atoms with Gasteiger partial charge in [-0.25, -0.2) is 29.9 Å². The van der Waals surface area contributed by atoms with Gasteiger partial charge < -0.3 is 0 Å². The van der Waals surface area contributed by atoms with E-state index in [1.54, 1.807) is 0 Å². The van der Waals surface area contributed by atoms with Crippen LogP contribution in [-0.4, -0.2) is 29.9 Å². The average molecular weight is 1510 g/mol. The Morgan fingerprint density at radius 3 is 0.879 bits per heavy atom. The molecular formula is C108H66N6S2. The molecule has 6 heterocycles. The van der Waals surface area contributed by atoms with Gasteiger partial charge in [0.2, 0.25) is 0 Å². The molecule has 0 radical (unpaired) electrons. The summed E-state index contributed by atoms with van der Waals surface area (Å²) in [5, 5.41) is 17.2. The zero-order valence-electron chi connectivity index (χ0n) is 62.6. The van der Waals surface area contributed by atoms with Gasteiger partial charge in [0, 0.05) is 95.6 Å². The van der Waals surface area contributed by atoms with Gasteiger partial charge in [0.05, 0.1) is 45.2 Å². The second kappa shape index (κ2) is 28.7. The van der Waals surface area contributed by atoms with Gasteiger partial charge in [0.15, 0.2) is 11.6 Å². The highest BCUT2D eigenvalue weighted by atomic mass is 32.1. The minimum Gasteiger partial charge on any atom is -0.247 e. The number of hydrogen-bond donors (Lipinski definition) is 0. The van der Waals surface area contributed by atoms with Crippen molar-refractivity contribution in [2.45, 2.75) is 0 Å². The summed E-state index contributed by atoms with van der Waals surface area (Å²) in [5.41, 5.74) is 22.9. The van der Waals surface area contributed by atoms with E-state index in [2.05, 4.69) is 352 Å². The molecule has 0 amide bonds. The van der Waals surface area contributed by atoms with E-state index in [0.29, 0.717) is 11.6 Å². The molecule has 0 aliphatic heterocycles. The SMILES string of the molecule is c1ccc(-c2cc(-c3ccc(-c4nc5cccc(-c6cc7ccccc7c7ccccc67)c5c5sc6ccccc6c45)cc3)nc(-c3ccccc3)n2)cc1.c1ccc(-c2ccc(-c3nc(-c4ccccc4)cc(-c4ccc(-c5nc6cccc(-c7cc8ccccc8c8ccccc78)c6c6sc7ccccc7c56)cc4)n3)cc2)cc1. The summed E-state index contributed by atoms with van der Waals surface area (Å²) in [5.74, 6) is 1.40. The Morgan fingerprint density at radius 1 is 0.172 bits per heavy atom. The van der Waals surface area contributed by atoms with Crippen LogP contribution in [-0.2, 0) is 0 Å². The molecule has 6 nitrogen and oxygen atoms in total. The van der Waals surface area contributed by atoms with Gasteiger partial charge in [-0.3, -0.25) is 0 Å². The van der Waals surface area contributed by atoms with Gasteiger partial charge in [-0.05, 0) is 125 Å². The summed E-state index contributed by atoms with van der Waals surface area (Å²) in [6.07, 6.45) is 0. The average Bonchev–Trinajstić information content (AvgIpc) is 1.65. The van der Waals surface area contributed by atoms with Crippen LogP contribution in [0.25, 0.3) is 229 Å². The molecule has 0 fully saturated rings. The maximum Gasteiger partial charge on any atom is 0.160 e. The van der Waals surface area contributed by atoms with E-state index in [0.717, 1.165) is 95.3 Å².